The second kappa shape index (κ2) is 11.5. The molecule has 2 unspecified atom stereocenters. The average Bonchev–Trinajstić information content (AvgIpc) is 3.33. The van der Waals surface area contributed by atoms with Crippen LogP contribution < -0.4 is 4.74 Å². The van der Waals surface area contributed by atoms with Crippen LogP contribution in [0.2, 0.25) is 5.02 Å². The predicted octanol–water partition coefficient (Wildman–Crippen LogP) is 6.25. The van der Waals surface area contributed by atoms with Gasteiger partial charge in [0, 0.05) is 17.9 Å². The number of esters is 1. The average molecular weight is 527 g/mol. The molecule has 3 aromatic rings. The van der Waals surface area contributed by atoms with Crippen molar-refractivity contribution in [2.75, 3.05) is 12.4 Å². The fourth-order valence-electron chi connectivity index (χ4n) is 3.78. The minimum atomic E-state index is -0.844. The topological polar surface area (TPSA) is 99.0 Å². The largest absolute Gasteiger partial charge is 0.464 e. The Bertz CT molecular complexity index is 1270. The van der Waals surface area contributed by atoms with Crippen LogP contribution in [0.25, 0.3) is 0 Å². The molecule has 0 saturated carbocycles. The van der Waals surface area contributed by atoms with E-state index in [2.05, 4.69) is 0 Å². The molecule has 0 aromatic heterocycles. The Hall–Kier alpha value is -3.56. The van der Waals surface area contributed by atoms with Gasteiger partial charge in [-0.2, -0.15) is 0 Å². The number of hydrogen-bond acceptors (Lipinski definition) is 7. The highest BCUT2D eigenvalue weighted by Gasteiger charge is 2.44. The highest BCUT2D eigenvalue weighted by Crippen LogP contribution is 2.44. The molecule has 2 atom stereocenters. The number of thioether (sulfide) groups is 1. The molecular formula is C26H23ClN2O6S. The van der Waals surface area contributed by atoms with Crippen molar-refractivity contribution < 1.29 is 24.0 Å². The van der Waals surface area contributed by atoms with Gasteiger partial charge in [0.05, 0.1) is 22.1 Å². The molecule has 1 fully saturated rings. The molecule has 4 rings (SSSR count). The first kappa shape index (κ1) is 25.5. The van der Waals surface area contributed by atoms with Gasteiger partial charge in [-0.25, -0.2) is 4.79 Å². The van der Waals surface area contributed by atoms with Crippen LogP contribution in [0.15, 0.2) is 72.8 Å². The number of amides is 1. The van der Waals surface area contributed by atoms with Gasteiger partial charge in [0.25, 0.3) is 11.6 Å². The van der Waals surface area contributed by atoms with Gasteiger partial charge in [-0.15, -0.1) is 11.8 Å². The van der Waals surface area contributed by atoms with Gasteiger partial charge >= 0.3 is 5.97 Å². The van der Waals surface area contributed by atoms with E-state index < -0.39 is 28.2 Å². The van der Waals surface area contributed by atoms with Crippen molar-refractivity contribution in [3.05, 3.63) is 99.1 Å². The molecule has 36 heavy (non-hydrogen) atoms. The number of para-hydroxylation sites is 1. The number of nitro groups is 1. The van der Waals surface area contributed by atoms with Gasteiger partial charge in [0.2, 0.25) is 0 Å². The van der Waals surface area contributed by atoms with E-state index in [9.17, 15) is 19.7 Å². The van der Waals surface area contributed by atoms with Crippen molar-refractivity contribution in [1.82, 2.24) is 4.90 Å². The van der Waals surface area contributed by atoms with Crippen LogP contribution in [-0.2, 0) is 9.53 Å². The van der Waals surface area contributed by atoms with E-state index in [0.717, 1.165) is 11.6 Å². The SMILES string of the molecule is CCCOC(=O)C1CSC(c2cccc(Oc3ccccc3)c2)N1C(=O)c1ccc([N+](=O)[O-])cc1Cl. The van der Waals surface area contributed by atoms with Crippen LogP contribution in [0, 0.1) is 10.1 Å². The molecule has 0 bridgehead atoms. The minimum absolute atomic E-state index is 0.0633. The highest BCUT2D eigenvalue weighted by molar-refractivity contribution is 7.99. The van der Waals surface area contributed by atoms with Gasteiger partial charge < -0.3 is 14.4 Å². The molecule has 1 heterocycles. The lowest BCUT2D eigenvalue weighted by molar-refractivity contribution is -0.384. The molecule has 1 aliphatic heterocycles. The maximum atomic E-state index is 13.7. The Morgan fingerprint density at radius 1 is 1.08 bits per heavy atom. The van der Waals surface area contributed by atoms with Gasteiger partial charge in [0.1, 0.15) is 22.9 Å². The van der Waals surface area contributed by atoms with E-state index >= 15 is 0 Å². The Morgan fingerprint density at radius 2 is 1.83 bits per heavy atom. The van der Waals surface area contributed by atoms with Crippen LogP contribution in [0.4, 0.5) is 5.69 Å². The molecule has 8 nitrogen and oxygen atoms in total. The third-order valence-electron chi connectivity index (χ3n) is 5.47. The molecule has 0 aliphatic carbocycles. The molecular weight excluding hydrogens is 504 g/mol. The molecule has 0 radical (unpaired) electrons. The first-order valence-corrected chi connectivity index (χ1v) is 12.7. The first-order chi connectivity index (χ1) is 17.4. The maximum Gasteiger partial charge on any atom is 0.329 e. The first-order valence-electron chi connectivity index (χ1n) is 11.3. The van der Waals surface area contributed by atoms with Crippen LogP contribution in [0.1, 0.15) is 34.6 Å². The summed E-state index contributed by atoms with van der Waals surface area (Å²) in [6, 6.07) is 19.4. The number of rotatable bonds is 8. The number of hydrogen-bond donors (Lipinski definition) is 0. The molecule has 10 heteroatoms. The standard InChI is InChI=1S/C26H23ClN2O6S/c1-2-13-34-26(31)23-16-36-25(17-7-6-10-20(14-17)35-19-8-4-3-5-9-19)28(23)24(30)21-12-11-18(29(32)33)15-22(21)27/h3-12,14-15,23,25H,2,13,16H2,1H3. The van der Waals surface area contributed by atoms with E-state index in [4.69, 9.17) is 21.1 Å². The summed E-state index contributed by atoms with van der Waals surface area (Å²) in [4.78, 5) is 38.6. The predicted molar refractivity (Wildman–Crippen MR) is 137 cm³/mol. The van der Waals surface area contributed by atoms with E-state index in [1.54, 1.807) is 0 Å². The zero-order chi connectivity index (χ0) is 25.7. The van der Waals surface area contributed by atoms with Crippen LogP contribution >= 0.6 is 23.4 Å². The fraction of sp³-hybridized carbons (Fsp3) is 0.231. The third kappa shape index (κ3) is 5.63. The zero-order valence-electron chi connectivity index (χ0n) is 19.3. The third-order valence-corrected chi connectivity index (χ3v) is 7.11. The number of nitro benzene ring substituents is 1. The highest BCUT2D eigenvalue weighted by atomic mass is 35.5. The summed E-state index contributed by atoms with van der Waals surface area (Å²) in [6.07, 6.45) is 0.649. The second-order valence-corrected chi connectivity index (χ2v) is 9.51. The Labute approximate surface area is 217 Å². The normalized spacial score (nSPS) is 17.0. The number of carbonyl (C=O) groups is 2. The van der Waals surface area contributed by atoms with Crippen molar-refractivity contribution in [2.24, 2.45) is 0 Å². The number of halogens is 1. The van der Waals surface area contributed by atoms with Crippen LogP contribution in [-0.4, -0.2) is 40.1 Å². The minimum Gasteiger partial charge on any atom is -0.464 e. The van der Waals surface area contributed by atoms with Crippen LogP contribution in [0.3, 0.4) is 0 Å². The molecule has 1 amide bonds. The van der Waals surface area contributed by atoms with Gasteiger partial charge in [-0.3, -0.25) is 14.9 Å². The Kier molecular flexibility index (Phi) is 8.12. The summed E-state index contributed by atoms with van der Waals surface area (Å²) >= 11 is 7.69. The number of nitrogens with zero attached hydrogens (tertiary/aromatic N) is 2. The summed E-state index contributed by atoms with van der Waals surface area (Å²) in [5.41, 5.74) is 0.596. The molecule has 1 aliphatic rings. The summed E-state index contributed by atoms with van der Waals surface area (Å²) < 4.78 is 11.3. The molecule has 186 valence electrons. The number of ether oxygens (including phenoxy) is 2. The van der Waals surface area contributed by atoms with Crippen molar-refractivity contribution in [3.63, 3.8) is 0 Å². The quantitative estimate of drug-likeness (QED) is 0.194. The number of non-ortho nitro benzene ring substituents is 1. The van der Waals surface area contributed by atoms with Crippen molar-refractivity contribution in [3.8, 4) is 11.5 Å². The lowest BCUT2D eigenvalue weighted by Crippen LogP contribution is -2.44. The molecule has 3 aromatic carbocycles. The molecule has 0 spiro atoms. The van der Waals surface area contributed by atoms with Gasteiger partial charge in [-0.05, 0) is 42.3 Å². The molecule has 1 saturated heterocycles. The van der Waals surface area contributed by atoms with Gasteiger partial charge in [-0.1, -0.05) is 48.9 Å². The Balaban J connectivity index is 1.68. The number of carbonyl (C=O) groups excluding carboxylic acids is 2. The summed E-state index contributed by atoms with van der Waals surface area (Å²) in [7, 11) is 0. The van der Waals surface area contributed by atoms with E-state index in [1.165, 1.54) is 28.8 Å². The second-order valence-electron chi connectivity index (χ2n) is 7.99. The van der Waals surface area contributed by atoms with Gasteiger partial charge in [0.15, 0.2) is 0 Å². The summed E-state index contributed by atoms with van der Waals surface area (Å²) in [5, 5.41) is 10.5. The van der Waals surface area contributed by atoms with E-state index in [-0.39, 0.29) is 22.9 Å². The summed E-state index contributed by atoms with van der Waals surface area (Å²) in [5.74, 6) is 0.554. The van der Waals surface area contributed by atoms with E-state index in [1.807, 2.05) is 61.5 Å². The monoisotopic (exact) mass is 526 g/mol. The van der Waals surface area contributed by atoms with Crippen molar-refractivity contribution in [1.29, 1.82) is 0 Å². The number of benzene rings is 3. The van der Waals surface area contributed by atoms with E-state index in [0.29, 0.717) is 23.7 Å². The zero-order valence-corrected chi connectivity index (χ0v) is 20.9. The maximum absolute atomic E-state index is 13.7. The fourth-order valence-corrected chi connectivity index (χ4v) is 5.44. The van der Waals surface area contributed by atoms with Crippen molar-refractivity contribution >= 4 is 40.9 Å². The lowest BCUT2D eigenvalue weighted by Gasteiger charge is -2.29. The Morgan fingerprint density at radius 3 is 2.53 bits per heavy atom. The summed E-state index contributed by atoms with van der Waals surface area (Å²) in [6.45, 7) is 2.13. The van der Waals surface area contributed by atoms with Crippen molar-refractivity contribution in [2.45, 2.75) is 24.8 Å². The molecule has 0 N–H and O–H groups in total. The smallest absolute Gasteiger partial charge is 0.329 e. The lowest BCUT2D eigenvalue weighted by atomic mass is 10.1. The van der Waals surface area contributed by atoms with Crippen LogP contribution in [0.5, 0.6) is 11.5 Å².